The Bertz CT molecular complexity index is 503. The van der Waals surface area contributed by atoms with E-state index < -0.39 is 0 Å². The molecule has 0 atom stereocenters. The Kier molecular flexibility index (Phi) is 3.93. The first-order valence-electron chi connectivity index (χ1n) is 5.99. The van der Waals surface area contributed by atoms with Crippen molar-refractivity contribution in [2.24, 2.45) is 7.05 Å². The average molecular weight is 250 g/mol. The second-order valence-corrected chi connectivity index (χ2v) is 3.94. The molecule has 18 heavy (non-hydrogen) atoms. The number of aromatic nitrogens is 5. The third-order valence-corrected chi connectivity index (χ3v) is 2.69. The molecule has 0 radical (unpaired) electrons. The summed E-state index contributed by atoms with van der Waals surface area (Å²) in [5, 5.41) is 12.1. The van der Waals surface area contributed by atoms with E-state index >= 15 is 0 Å². The first kappa shape index (κ1) is 12.6. The number of nitrogens with zero attached hydrogens (tertiary/aromatic N) is 5. The van der Waals surface area contributed by atoms with Gasteiger partial charge in [0.15, 0.2) is 5.82 Å². The SMILES string of the molecule is CCOCCCn1nnc(N)c1-c1ccnn1C. The summed E-state index contributed by atoms with van der Waals surface area (Å²) in [5.74, 6) is 0.426. The Morgan fingerprint density at radius 3 is 2.94 bits per heavy atom. The highest BCUT2D eigenvalue weighted by molar-refractivity contribution is 5.66. The van der Waals surface area contributed by atoms with E-state index in [1.807, 2.05) is 20.0 Å². The number of hydrogen-bond donors (Lipinski definition) is 1. The molecule has 0 unspecified atom stereocenters. The third kappa shape index (κ3) is 2.51. The molecule has 0 aliphatic rings. The van der Waals surface area contributed by atoms with Gasteiger partial charge in [-0.25, -0.2) is 4.68 Å². The third-order valence-electron chi connectivity index (χ3n) is 2.69. The van der Waals surface area contributed by atoms with Crippen LogP contribution in [0.15, 0.2) is 12.3 Å². The first-order valence-corrected chi connectivity index (χ1v) is 5.99. The Balaban J connectivity index is 2.15. The Hall–Kier alpha value is -1.89. The second-order valence-electron chi connectivity index (χ2n) is 3.94. The topological polar surface area (TPSA) is 83.8 Å². The fourth-order valence-corrected chi connectivity index (χ4v) is 1.81. The van der Waals surface area contributed by atoms with Gasteiger partial charge >= 0.3 is 0 Å². The Labute approximate surface area is 106 Å². The summed E-state index contributed by atoms with van der Waals surface area (Å²) in [6, 6.07) is 1.90. The van der Waals surface area contributed by atoms with Gasteiger partial charge in [-0.1, -0.05) is 5.21 Å². The van der Waals surface area contributed by atoms with Crippen molar-refractivity contribution in [3.05, 3.63) is 12.3 Å². The average Bonchev–Trinajstić information content (AvgIpc) is 2.91. The zero-order valence-electron chi connectivity index (χ0n) is 10.7. The molecule has 0 saturated heterocycles. The summed E-state index contributed by atoms with van der Waals surface area (Å²) in [6.07, 6.45) is 2.60. The first-order chi connectivity index (χ1) is 8.74. The lowest BCUT2D eigenvalue weighted by molar-refractivity contribution is 0.140. The number of rotatable bonds is 6. The Morgan fingerprint density at radius 1 is 1.44 bits per heavy atom. The molecule has 2 aromatic heterocycles. The van der Waals surface area contributed by atoms with Gasteiger partial charge in [0, 0.05) is 33.0 Å². The van der Waals surface area contributed by atoms with Crippen molar-refractivity contribution in [2.45, 2.75) is 19.9 Å². The minimum Gasteiger partial charge on any atom is -0.382 e. The zero-order chi connectivity index (χ0) is 13.0. The molecule has 0 saturated carbocycles. The highest BCUT2D eigenvalue weighted by atomic mass is 16.5. The van der Waals surface area contributed by atoms with Crippen LogP contribution in [-0.4, -0.2) is 38.0 Å². The molecule has 2 aromatic rings. The van der Waals surface area contributed by atoms with Gasteiger partial charge < -0.3 is 10.5 Å². The summed E-state index contributed by atoms with van der Waals surface area (Å²) < 4.78 is 8.86. The van der Waals surface area contributed by atoms with Crippen LogP contribution < -0.4 is 5.73 Å². The predicted octanol–water partition coefficient (Wildman–Crippen LogP) is 0.687. The molecule has 0 aromatic carbocycles. The lowest BCUT2D eigenvalue weighted by Gasteiger charge is -2.07. The highest BCUT2D eigenvalue weighted by Crippen LogP contribution is 2.22. The van der Waals surface area contributed by atoms with Gasteiger partial charge in [-0.05, 0) is 19.4 Å². The van der Waals surface area contributed by atoms with E-state index in [2.05, 4.69) is 15.4 Å². The van der Waals surface area contributed by atoms with Crippen molar-refractivity contribution in [3.63, 3.8) is 0 Å². The number of nitrogens with two attached hydrogens (primary N) is 1. The smallest absolute Gasteiger partial charge is 0.175 e. The van der Waals surface area contributed by atoms with Gasteiger partial charge in [0.1, 0.15) is 5.69 Å². The van der Waals surface area contributed by atoms with Crippen molar-refractivity contribution in [1.29, 1.82) is 0 Å². The van der Waals surface area contributed by atoms with Gasteiger partial charge in [0.25, 0.3) is 0 Å². The van der Waals surface area contributed by atoms with Gasteiger partial charge in [-0.15, -0.1) is 5.10 Å². The predicted molar refractivity (Wildman–Crippen MR) is 67.7 cm³/mol. The summed E-state index contributed by atoms with van der Waals surface area (Å²) >= 11 is 0. The quantitative estimate of drug-likeness (QED) is 0.762. The molecule has 0 spiro atoms. The molecule has 7 heteroatoms. The molecule has 2 heterocycles. The number of nitrogen functional groups attached to an aromatic ring is 1. The molecule has 0 aliphatic heterocycles. The summed E-state index contributed by atoms with van der Waals surface area (Å²) in [7, 11) is 1.87. The lowest BCUT2D eigenvalue weighted by Crippen LogP contribution is -2.08. The largest absolute Gasteiger partial charge is 0.382 e. The van der Waals surface area contributed by atoms with Crippen molar-refractivity contribution in [2.75, 3.05) is 18.9 Å². The molecule has 0 fully saturated rings. The maximum atomic E-state index is 5.87. The molecule has 0 bridgehead atoms. The van der Waals surface area contributed by atoms with Crippen molar-refractivity contribution >= 4 is 5.82 Å². The van der Waals surface area contributed by atoms with E-state index in [0.717, 1.165) is 31.0 Å². The van der Waals surface area contributed by atoms with Gasteiger partial charge in [-0.3, -0.25) is 4.68 Å². The minimum atomic E-state index is 0.426. The number of anilines is 1. The maximum absolute atomic E-state index is 5.87. The number of hydrogen-bond acceptors (Lipinski definition) is 5. The Morgan fingerprint density at radius 2 is 2.28 bits per heavy atom. The molecular weight excluding hydrogens is 232 g/mol. The fraction of sp³-hybridized carbons (Fsp3) is 0.545. The van der Waals surface area contributed by atoms with Crippen LogP contribution >= 0.6 is 0 Å². The van der Waals surface area contributed by atoms with Crippen LogP contribution in [0.2, 0.25) is 0 Å². The molecule has 0 aliphatic carbocycles. The van der Waals surface area contributed by atoms with Crippen LogP contribution in [0.5, 0.6) is 0 Å². The van der Waals surface area contributed by atoms with E-state index in [9.17, 15) is 0 Å². The molecule has 2 N–H and O–H groups in total. The van der Waals surface area contributed by atoms with Crippen molar-refractivity contribution in [1.82, 2.24) is 24.8 Å². The van der Waals surface area contributed by atoms with Crippen LogP contribution in [0.25, 0.3) is 11.4 Å². The van der Waals surface area contributed by atoms with E-state index in [1.165, 1.54) is 0 Å². The normalized spacial score (nSPS) is 11.0. The highest BCUT2D eigenvalue weighted by Gasteiger charge is 2.15. The van der Waals surface area contributed by atoms with E-state index in [4.69, 9.17) is 10.5 Å². The van der Waals surface area contributed by atoms with E-state index in [-0.39, 0.29) is 0 Å². The molecular formula is C11H18N6O. The lowest BCUT2D eigenvalue weighted by atomic mass is 10.3. The van der Waals surface area contributed by atoms with Crippen LogP contribution in [0.4, 0.5) is 5.82 Å². The second kappa shape index (κ2) is 5.63. The molecule has 0 amide bonds. The van der Waals surface area contributed by atoms with E-state index in [1.54, 1.807) is 15.6 Å². The number of ether oxygens (including phenoxy) is 1. The monoisotopic (exact) mass is 250 g/mol. The van der Waals surface area contributed by atoms with Crippen molar-refractivity contribution in [3.8, 4) is 11.4 Å². The van der Waals surface area contributed by atoms with Crippen molar-refractivity contribution < 1.29 is 4.74 Å². The van der Waals surface area contributed by atoms with Crippen LogP contribution in [0, 0.1) is 0 Å². The van der Waals surface area contributed by atoms with Crippen LogP contribution in [0.3, 0.4) is 0 Å². The van der Waals surface area contributed by atoms with E-state index in [0.29, 0.717) is 12.4 Å². The van der Waals surface area contributed by atoms with Gasteiger partial charge in [0.2, 0.25) is 0 Å². The molecule has 2 rings (SSSR count). The zero-order valence-corrected chi connectivity index (χ0v) is 10.7. The minimum absolute atomic E-state index is 0.426. The maximum Gasteiger partial charge on any atom is 0.175 e. The fourth-order valence-electron chi connectivity index (χ4n) is 1.81. The van der Waals surface area contributed by atoms with Gasteiger partial charge in [-0.2, -0.15) is 5.10 Å². The van der Waals surface area contributed by atoms with Gasteiger partial charge in [0.05, 0.1) is 5.69 Å². The summed E-state index contributed by atoms with van der Waals surface area (Å²) in [5.41, 5.74) is 7.59. The standard InChI is InChI=1S/C11H18N6O/c1-3-18-8-4-7-17-10(11(12)14-15-17)9-5-6-13-16(9)2/h5-6H,3-4,7-8,12H2,1-2H3. The molecule has 98 valence electrons. The van der Waals surface area contributed by atoms with Crippen LogP contribution in [-0.2, 0) is 18.3 Å². The molecule has 7 nitrogen and oxygen atoms in total. The summed E-state index contributed by atoms with van der Waals surface area (Å²) in [4.78, 5) is 0. The van der Waals surface area contributed by atoms with Crippen LogP contribution in [0.1, 0.15) is 13.3 Å². The number of aryl methyl sites for hydroxylation is 2. The summed E-state index contributed by atoms with van der Waals surface area (Å²) in [6.45, 7) is 4.15.